The maximum Gasteiger partial charge on any atom is 0.134 e. The van der Waals surface area contributed by atoms with Gasteiger partial charge in [-0.1, -0.05) is 6.07 Å². The molecule has 0 fully saturated rings. The lowest BCUT2D eigenvalue weighted by atomic mass is 10.2. The van der Waals surface area contributed by atoms with E-state index in [1.807, 2.05) is 18.2 Å². The van der Waals surface area contributed by atoms with Crippen molar-refractivity contribution in [1.82, 2.24) is 4.98 Å². The molecular formula is C11H10BrNO2S. The quantitative estimate of drug-likeness (QED) is 0.944. The van der Waals surface area contributed by atoms with Crippen molar-refractivity contribution in [2.24, 2.45) is 0 Å². The first-order valence-electron chi connectivity index (χ1n) is 4.69. The van der Waals surface area contributed by atoms with Crippen LogP contribution in [0.4, 0.5) is 0 Å². The van der Waals surface area contributed by atoms with Gasteiger partial charge in [-0.2, -0.15) is 0 Å². The van der Waals surface area contributed by atoms with Crippen molar-refractivity contribution in [3.63, 3.8) is 0 Å². The Morgan fingerprint density at radius 1 is 1.44 bits per heavy atom. The summed E-state index contributed by atoms with van der Waals surface area (Å²) in [5, 5.41) is 8.96. The van der Waals surface area contributed by atoms with Crippen molar-refractivity contribution in [2.45, 2.75) is 13.2 Å². The Hall–Kier alpha value is -0.910. The Labute approximate surface area is 106 Å². The van der Waals surface area contributed by atoms with Crippen LogP contribution in [0.15, 0.2) is 34.4 Å². The molecule has 2 rings (SSSR count). The predicted molar refractivity (Wildman–Crippen MR) is 66.5 cm³/mol. The molecule has 0 bridgehead atoms. The Bertz CT molecular complexity index is 459. The number of thiazole rings is 1. The summed E-state index contributed by atoms with van der Waals surface area (Å²) in [6.45, 7) is 0.551. The van der Waals surface area contributed by atoms with Crippen LogP contribution in [0.5, 0.6) is 5.75 Å². The maximum absolute atomic E-state index is 8.96. The summed E-state index contributed by atoms with van der Waals surface area (Å²) in [4.78, 5) is 5.06. The third-order valence-electron chi connectivity index (χ3n) is 2.03. The molecule has 2 aromatic rings. The lowest BCUT2D eigenvalue weighted by molar-refractivity contribution is 0.280. The normalized spacial score (nSPS) is 10.4. The molecule has 0 radical (unpaired) electrons. The summed E-state index contributed by atoms with van der Waals surface area (Å²) < 4.78 is 6.47. The van der Waals surface area contributed by atoms with Crippen molar-refractivity contribution in [3.8, 4) is 5.75 Å². The standard InChI is InChI=1S/C11H10BrNO2S/c12-10-3-8(5-14)1-2-11(10)15-6-9-4-13-7-16-9/h1-4,7,14H,5-6H2. The summed E-state index contributed by atoms with van der Waals surface area (Å²) in [5.41, 5.74) is 2.64. The molecule has 5 heteroatoms. The minimum Gasteiger partial charge on any atom is -0.487 e. The van der Waals surface area contributed by atoms with Gasteiger partial charge in [0.05, 0.1) is 21.5 Å². The van der Waals surface area contributed by atoms with Gasteiger partial charge >= 0.3 is 0 Å². The zero-order valence-electron chi connectivity index (χ0n) is 8.39. The highest BCUT2D eigenvalue weighted by Gasteiger charge is 2.03. The first kappa shape index (κ1) is 11.6. The number of aliphatic hydroxyl groups excluding tert-OH is 1. The summed E-state index contributed by atoms with van der Waals surface area (Å²) >= 11 is 4.97. The molecule has 16 heavy (non-hydrogen) atoms. The smallest absolute Gasteiger partial charge is 0.134 e. The van der Waals surface area contributed by atoms with Crippen LogP contribution in [-0.2, 0) is 13.2 Å². The van der Waals surface area contributed by atoms with Gasteiger partial charge in [-0.3, -0.25) is 4.98 Å². The van der Waals surface area contributed by atoms with Crippen LogP contribution in [0.2, 0.25) is 0 Å². The third-order valence-corrected chi connectivity index (χ3v) is 3.41. The SMILES string of the molecule is OCc1ccc(OCc2cncs2)c(Br)c1. The molecule has 84 valence electrons. The van der Waals surface area contributed by atoms with Gasteiger partial charge in [0.2, 0.25) is 0 Å². The fraction of sp³-hybridized carbons (Fsp3) is 0.182. The number of benzene rings is 1. The van der Waals surface area contributed by atoms with E-state index in [1.54, 1.807) is 23.0 Å². The molecule has 0 spiro atoms. The van der Waals surface area contributed by atoms with E-state index in [0.717, 1.165) is 20.7 Å². The fourth-order valence-electron chi connectivity index (χ4n) is 1.22. The molecule has 1 aromatic heterocycles. The molecule has 0 saturated carbocycles. The summed E-state index contributed by atoms with van der Waals surface area (Å²) in [7, 11) is 0. The zero-order valence-corrected chi connectivity index (χ0v) is 10.8. The first-order valence-corrected chi connectivity index (χ1v) is 6.36. The average molecular weight is 300 g/mol. The molecule has 1 heterocycles. The Morgan fingerprint density at radius 2 is 2.31 bits per heavy atom. The van der Waals surface area contributed by atoms with Crippen LogP contribution in [0.3, 0.4) is 0 Å². The van der Waals surface area contributed by atoms with E-state index in [4.69, 9.17) is 9.84 Å². The van der Waals surface area contributed by atoms with E-state index in [-0.39, 0.29) is 6.61 Å². The number of rotatable bonds is 4. The van der Waals surface area contributed by atoms with Crippen LogP contribution in [0.25, 0.3) is 0 Å². The summed E-state index contributed by atoms with van der Waals surface area (Å²) in [5.74, 6) is 0.769. The van der Waals surface area contributed by atoms with Crippen LogP contribution in [0, 0.1) is 0 Å². The Kier molecular flexibility index (Phi) is 3.93. The van der Waals surface area contributed by atoms with Crippen LogP contribution in [0.1, 0.15) is 10.4 Å². The molecule has 0 amide bonds. The topological polar surface area (TPSA) is 42.4 Å². The van der Waals surface area contributed by atoms with Gasteiger partial charge in [0.1, 0.15) is 12.4 Å². The highest BCUT2D eigenvalue weighted by atomic mass is 79.9. The molecule has 0 aliphatic carbocycles. The van der Waals surface area contributed by atoms with Crippen molar-refractivity contribution in [2.75, 3.05) is 0 Å². The number of ether oxygens (including phenoxy) is 1. The maximum atomic E-state index is 8.96. The summed E-state index contributed by atoms with van der Waals surface area (Å²) in [6.07, 6.45) is 1.79. The number of hydrogen-bond acceptors (Lipinski definition) is 4. The molecule has 0 aliphatic rings. The van der Waals surface area contributed by atoms with E-state index in [0.29, 0.717) is 6.61 Å². The van der Waals surface area contributed by atoms with Gasteiger partial charge in [-0.15, -0.1) is 11.3 Å². The highest BCUT2D eigenvalue weighted by Crippen LogP contribution is 2.27. The number of hydrogen-bond donors (Lipinski definition) is 1. The first-order chi connectivity index (χ1) is 7.79. The second-order valence-corrected chi connectivity index (χ2v) is 5.00. The zero-order chi connectivity index (χ0) is 11.4. The van der Waals surface area contributed by atoms with Crippen molar-refractivity contribution < 1.29 is 9.84 Å². The predicted octanol–water partition coefficient (Wildman–Crippen LogP) is 2.98. The van der Waals surface area contributed by atoms with Crippen LogP contribution in [-0.4, -0.2) is 10.1 Å². The summed E-state index contributed by atoms with van der Waals surface area (Å²) in [6, 6.07) is 5.53. The van der Waals surface area contributed by atoms with Crippen molar-refractivity contribution in [1.29, 1.82) is 0 Å². The second kappa shape index (κ2) is 5.43. The number of aromatic nitrogens is 1. The average Bonchev–Trinajstić information content (AvgIpc) is 2.80. The van der Waals surface area contributed by atoms with E-state index in [9.17, 15) is 0 Å². The number of halogens is 1. The fourth-order valence-corrected chi connectivity index (χ4v) is 2.27. The van der Waals surface area contributed by atoms with E-state index < -0.39 is 0 Å². The van der Waals surface area contributed by atoms with Crippen molar-refractivity contribution >= 4 is 27.3 Å². The molecule has 0 atom stereocenters. The molecule has 0 unspecified atom stereocenters. The molecular weight excluding hydrogens is 290 g/mol. The lowest BCUT2D eigenvalue weighted by Gasteiger charge is -2.07. The van der Waals surface area contributed by atoms with Gasteiger partial charge in [0, 0.05) is 6.20 Å². The van der Waals surface area contributed by atoms with Gasteiger partial charge < -0.3 is 9.84 Å². The molecule has 1 N–H and O–H groups in total. The minimum absolute atomic E-state index is 0.0354. The Morgan fingerprint density at radius 3 is 2.94 bits per heavy atom. The van der Waals surface area contributed by atoms with E-state index in [1.165, 1.54) is 0 Å². The third kappa shape index (κ3) is 2.81. The number of nitrogens with zero attached hydrogens (tertiary/aromatic N) is 1. The van der Waals surface area contributed by atoms with Gasteiger partial charge in [-0.05, 0) is 33.6 Å². The lowest BCUT2D eigenvalue weighted by Crippen LogP contribution is -1.94. The molecule has 3 nitrogen and oxygen atoms in total. The highest BCUT2D eigenvalue weighted by molar-refractivity contribution is 9.10. The minimum atomic E-state index is 0.0354. The van der Waals surface area contributed by atoms with Gasteiger partial charge in [-0.25, -0.2) is 0 Å². The van der Waals surface area contributed by atoms with Gasteiger partial charge in [0.25, 0.3) is 0 Å². The van der Waals surface area contributed by atoms with Gasteiger partial charge in [0.15, 0.2) is 0 Å². The van der Waals surface area contributed by atoms with Crippen molar-refractivity contribution in [3.05, 3.63) is 44.8 Å². The van der Waals surface area contributed by atoms with E-state index in [2.05, 4.69) is 20.9 Å². The van der Waals surface area contributed by atoms with Crippen LogP contribution < -0.4 is 4.74 Å². The number of aliphatic hydroxyl groups is 1. The molecule has 1 aromatic carbocycles. The largest absolute Gasteiger partial charge is 0.487 e. The Balaban J connectivity index is 2.04. The van der Waals surface area contributed by atoms with Crippen LogP contribution >= 0.6 is 27.3 Å². The van der Waals surface area contributed by atoms with E-state index >= 15 is 0 Å². The monoisotopic (exact) mass is 299 g/mol. The molecule has 0 saturated heterocycles. The second-order valence-electron chi connectivity index (χ2n) is 3.18. The molecule has 0 aliphatic heterocycles.